The zero-order chi connectivity index (χ0) is 29.7. The number of nitrogen functional groups attached to an aromatic ring is 1. The van der Waals surface area contributed by atoms with E-state index in [-0.39, 0.29) is 40.4 Å². The first-order chi connectivity index (χ1) is 19.4. The lowest BCUT2D eigenvalue weighted by Gasteiger charge is -2.25. The predicted molar refractivity (Wildman–Crippen MR) is 157 cm³/mol. The first-order valence-corrected chi connectivity index (χ1v) is 13.2. The van der Waals surface area contributed by atoms with E-state index >= 15 is 0 Å². The van der Waals surface area contributed by atoms with Gasteiger partial charge in [0.15, 0.2) is 5.78 Å². The van der Waals surface area contributed by atoms with Crippen molar-refractivity contribution in [3.05, 3.63) is 117 Å². The van der Waals surface area contributed by atoms with Crippen LogP contribution in [0.3, 0.4) is 0 Å². The smallest absolute Gasteiger partial charge is 0.398 e. The number of dihydropyridines is 1. The highest BCUT2D eigenvalue weighted by molar-refractivity contribution is 6.32. The van der Waals surface area contributed by atoms with Gasteiger partial charge < -0.3 is 15.7 Å². The number of Topliss-reactive ketones (excluding diaryl/α,β-unsaturated/α-hetero) is 1. The molecule has 2 heterocycles. The van der Waals surface area contributed by atoms with E-state index in [2.05, 4.69) is 11.6 Å². The van der Waals surface area contributed by atoms with Gasteiger partial charge in [0, 0.05) is 52.5 Å². The van der Waals surface area contributed by atoms with E-state index in [0.29, 0.717) is 18.0 Å². The van der Waals surface area contributed by atoms with E-state index < -0.39 is 30.0 Å². The van der Waals surface area contributed by atoms with Gasteiger partial charge in [-0.05, 0) is 53.8 Å². The van der Waals surface area contributed by atoms with Gasteiger partial charge in [-0.1, -0.05) is 54.6 Å². The van der Waals surface area contributed by atoms with Gasteiger partial charge in [-0.3, -0.25) is 14.6 Å². The summed E-state index contributed by atoms with van der Waals surface area (Å²) in [4.78, 5) is 29.0. The molecule has 3 aromatic rings. The van der Waals surface area contributed by atoms with Gasteiger partial charge in [-0.2, -0.15) is 13.2 Å². The molecule has 3 N–H and O–H groups in total. The molecule has 4 rings (SSSR count). The van der Waals surface area contributed by atoms with E-state index in [4.69, 9.17) is 22.7 Å². The van der Waals surface area contributed by atoms with Crippen molar-refractivity contribution in [2.24, 2.45) is 10.9 Å². The van der Waals surface area contributed by atoms with Crippen molar-refractivity contribution in [3.63, 3.8) is 0 Å². The molecule has 41 heavy (non-hydrogen) atoms. The fourth-order valence-electron chi connectivity index (χ4n) is 4.66. The van der Waals surface area contributed by atoms with E-state index in [1.165, 1.54) is 30.3 Å². The molecule has 1 aliphatic rings. The number of benzene rings is 2. The SMILES string of the molecule is C=C(C(=O)CC(=N)C(C1=CCC(Cc2ccc(Cn3ccccc3=O)cc2)N=C1)C(F)(F)F)c1cc(Cl)ccc1N. The Bertz CT molecular complexity index is 1590. The summed E-state index contributed by atoms with van der Waals surface area (Å²) in [5.41, 5.74) is 7.04. The summed E-state index contributed by atoms with van der Waals surface area (Å²) in [7, 11) is 0. The minimum atomic E-state index is -4.78. The third-order valence-corrected chi connectivity index (χ3v) is 7.08. The maximum absolute atomic E-state index is 14.1. The lowest BCUT2D eigenvalue weighted by molar-refractivity contribution is -0.145. The highest BCUT2D eigenvalue weighted by atomic mass is 35.5. The largest absolute Gasteiger partial charge is 0.400 e. The number of carbonyl (C=O) groups excluding carboxylic acids is 1. The molecule has 2 aromatic carbocycles. The van der Waals surface area contributed by atoms with Crippen molar-refractivity contribution in [1.29, 1.82) is 5.41 Å². The molecule has 212 valence electrons. The van der Waals surface area contributed by atoms with Crippen LogP contribution in [0.15, 0.2) is 94.9 Å². The Morgan fingerprint density at radius 2 is 1.85 bits per heavy atom. The number of carbonyl (C=O) groups is 1. The van der Waals surface area contributed by atoms with Gasteiger partial charge in [0.25, 0.3) is 5.56 Å². The number of hydrogen-bond donors (Lipinski definition) is 2. The minimum absolute atomic E-state index is 0.0962. The second-order valence-electron chi connectivity index (χ2n) is 9.87. The van der Waals surface area contributed by atoms with E-state index in [1.54, 1.807) is 22.9 Å². The number of anilines is 1. The van der Waals surface area contributed by atoms with Crippen LogP contribution < -0.4 is 11.3 Å². The number of pyridine rings is 1. The van der Waals surface area contributed by atoms with Crippen molar-refractivity contribution in [1.82, 2.24) is 4.57 Å². The molecule has 1 aromatic heterocycles. The molecule has 0 radical (unpaired) electrons. The van der Waals surface area contributed by atoms with Crippen molar-refractivity contribution in [2.75, 3.05) is 5.73 Å². The number of nitrogens with zero attached hydrogens (tertiary/aromatic N) is 2. The third-order valence-electron chi connectivity index (χ3n) is 6.84. The molecule has 0 bridgehead atoms. The fourth-order valence-corrected chi connectivity index (χ4v) is 4.83. The predicted octanol–water partition coefficient (Wildman–Crippen LogP) is 6.32. The number of alkyl halides is 3. The number of halogens is 4. The van der Waals surface area contributed by atoms with Gasteiger partial charge in [0.1, 0.15) is 5.92 Å². The second-order valence-corrected chi connectivity index (χ2v) is 10.3. The Morgan fingerprint density at radius 1 is 1.15 bits per heavy atom. The zero-order valence-electron chi connectivity index (χ0n) is 22.0. The molecule has 0 fully saturated rings. The standard InChI is InChI=1S/C31H28ClF3N4O2/c1-19(25-15-23(32)10-12-26(25)36)28(40)16-27(37)30(31(33,34)35)22-9-11-24(38-17-22)14-20-5-7-21(8-6-20)18-39-13-3-2-4-29(39)41/h2-10,12-13,15,17,24,30,37H,1,11,14,16,18,36H2. The average molecular weight is 581 g/mol. The van der Waals surface area contributed by atoms with Crippen LogP contribution in [0.2, 0.25) is 5.02 Å². The molecular formula is C31H28ClF3N4O2. The number of allylic oxidation sites excluding steroid dienone is 2. The van der Waals surface area contributed by atoms with Crippen LogP contribution in [-0.4, -0.2) is 34.5 Å². The Kier molecular flexibility index (Phi) is 9.08. The highest BCUT2D eigenvalue weighted by Crippen LogP contribution is 2.36. The third kappa shape index (κ3) is 7.49. The highest BCUT2D eigenvalue weighted by Gasteiger charge is 2.45. The van der Waals surface area contributed by atoms with Crippen LogP contribution in [-0.2, 0) is 17.8 Å². The van der Waals surface area contributed by atoms with Crippen LogP contribution in [0, 0.1) is 11.3 Å². The Balaban J connectivity index is 1.39. The quantitative estimate of drug-likeness (QED) is 0.167. The Morgan fingerprint density at radius 3 is 2.49 bits per heavy atom. The van der Waals surface area contributed by atoms with Crippen LogP contribution in [0.4, 0.5) is 18.9 Å². The Hall–Kier alpha value is -4.24. The van der Waals surface area contributed by atoms with E-state index in [1.807, 2.05) is 24.3 Å². The van der Waals surface area contributed by atoms with Crippen molar-refractivity contribution in [2.45, 2.75) is 38.0 Å². The van der Waals surface area contributed by atoms with Crippen LogP contribution >= 0.6 is 11.6 Å². The summed E-state index contributed by atoms with van der Waals surface area (Å²) < 4.78 is 43.8. The fraction of sp³-hybridized carbons (Fsp3) is 0.226. The summed E-state index contributed by atoms with van der Waals surface area (Å²) in [6.07, 6.45) is -0.474. The van der Waals surface area contributed by atoms with Gasteiger partial charge in [-0.15, -0.1) is 0 Å². The number of rotatable bonds is 10. The molecule has 10 heteroatoms. The van der Waals surface area contributed by atoms with Crippen LogP contribution in [0.25, 0.3) is 5.57 Å². The van der Waals surface area contributed by atoms with Crippen LogP contribution in [0.1, 0.15) is 29.5 Å². The lowest BCUT2D eigenvalue weighted by atomic mass is 9.86. The van der Waals surface area contributed by atoms with Gasteiger partial charge in [0.05, 0.1) is 12.6 Å². The lowest BCUT2D eigenvalue weighted by Crippen LogP contribution is -2.35. The number of hydrogen-bond acceptors (Lipinski definition) is 5. The number of nitrogens with one attached hydrogen (secondary N) is 1. The molecule has 2 unspecified atom stereocenters. The molecular weight excluding hydrogens is 553 g/mol. The normalized spacial score (nSPS) is 15.7. The average Bonchev–Trinajstić information content (AvgIpc) is 2.92. The number of aliphatic imine (C=N–C) groups is 1. The molecule has 0 saturated heterocycles. The topological polar surface area (TPSA) is 101 Å². The molecule has 0 amide bonds. The molecule has 2 atom stereocenters. The first-order valence-electron chi connectivity index (χ1n) is 12.8. The summed E-state index contributed by atoms with van der Waals surface area (Å²) in [6.45, 7) is 4.10. The van der Waals surface area contributed by atoms with Gasteiger partial charge in [0.2, 0.25) is 0 Å². The number of nitrogens with two attached hydrogens (primary N) is 1. The van der Waals surface area contributed by atoms with Crippen molar-refractivity contribution >= 4 is 40.6 Å². The van der Waals surface area contributed by atoms with Gasteiger partial charge in [-0.25, -0.2) is 0 Å². The maximum atomic E-state index is 14.1. The Labute approximate surface area is 240 Å². The molecule has 0 saturated carbocycles. The van der Waals surface area contributed by atoms with E-state index in [0.717, 1.165) is 17.3 Å². The molecule has 6 nitrogen and oxygen atoms in total. The number of ketones is 1. The van der Waals surface area contributed by atoms with E-state index in [9.17, 15) is 22.8 Å². The summed E-state index contributed by atoms with van der Waals surface area (Å²) in [6, 6.07) is 16.7. The molecule has 0 spiro atoms. The zero-order valence-corrected chi connectivity index (χ0v) is 22.8. The maximum Gasteiger partial charge on any atom is 0.400 e. The molecule has 1 aliphatic heterocycles. The van der Waals surface area contributed by atoms with Crippen molar-refractivity contribution < 1.29 is 18.0 Å². The van der Waals surface area contributed by atoms with Crippen LogP contribution in [0.5, 0.6) is 0 Å². The summed E-state index contributed by atoms with van der Waals surface area (Å²) in [5.74, 6) is -3.01. The molecule has 0 aliphatic carbocycles. The monoisotopic (exact) mass is 580 g/mol. The summed E-state index contributed by atoms with van der Waals surface area (Å²) >= 11 is 5.96. The number of aromatic nitrogens is 1. The first kappa shape index (κ1) is 29.7. The summed E-state index contributed by atoms with van der Waals surface area (Å²) in [5, 5.41) is 8.50. The van der Waals surface area contributed by atoms with Gasteiger partial charge >= 0.3 is 6.18 Å². The minimum Gasteiger partial charge on any atom is -0.398 e. The second kappa shape index (κ2) is 12.5. The van der Waals surface area contributed by atoms with Crippen molar-refractivity contribution in [3.8, 4) is 0 Å².